The van der Waals surface area contributed by atoms with E-state index in [1.807, 2.05) is 11.3 Å². The highest BCUT2D eigenvalue weighted by molar-refractivity contribution is 7.12. The molecule has 1 rings (SSSR count). The van der Waals surface area contributed by atoms with Crippen LogP contribution in [-0.2, 0) is 15.6 Å². The molecule has 0 amide bonds. The van der Waals surface area contributed by atoms with E-state index in [-0.39, 0.29) is 0 Å². The number of ether oxygens (including phenoxy) is 1. The van der Waals surface area contributed by atoms with E-state index < -0.39 is 12.8 Å². The number of alkyl halides is 3. The van der Waals surface area contributed by atoms with Gasteiger partial charge in [-0.3, -0.25) is 0 Å². The van der Waals surface area contributed by atoms with Crippen LogP contribution in [0.4, 0.5) is 13.2 Å². The second kappa shape index (κ2) is 6.94. The predicted molar refractivity (Wildman–Crippen MR) is 79.7 cm³/mol. The minimum atomic E-state index is -4.17. The number of hydrogen-bond donors (Lipinski definition) is 0. The van der Waals surface area contributed by atoms with Gasteiger partial charge in [-0.1, -0.05) is 41.5 Å². The van der Waals surface area contributed by atoms with E-state index in [2.05, 4.69) is 58.4 Å². The van der Waals surface area contributed by atoms with Crippen LogP contribution in [0.3, 0.4) is 0 Å². The topological polar surface area (TPSA) is 9.23 Å². The number of hydrogen-bond acceptors (Lipinski definition) is 2. The van der Waals surface area contributed by atoms with Crippen molar-refractivity contribution >= 4 is 11.3 Å². The average molecular weight is 310 g/mol. The minimum absolute atomic E-state index is 0.300. The summed E-state index contributed by atoms with van der Waals surface area (Å²) in [7, 11) is 1.01. The third-order valence-corrected chi connectivity index (χ3v) is 4.33. The number of rotatable bonds is 1. The lowest BCUT2D eigenvalue weighted by Crippen LogP contribution is -2.14. The fraction of sp³-hybridized carbons (Fsp3) is 0.733. The van der Waals surface area contributed by atoms with Crippen molar-refractivity contribution in [2.24, 2.45) is 0 Å². The Labute approximate surface area is 124 Å². The Balaban J connectivity index is 0.000000441. The van der Waals surface area contributed by atoms with Gasteiger partial charge in [0.15, 0.2) is 0 Å². The molecule has 0 aliphatic heterocycles. The molecule has 0 aromatic carbocycles. The fourth-order valence-electron chi connectivity index (χ4n) is 1.31. The monoisotopic (exact) mass is 310 g/mol. The molecule has 0 atom stereocenters. The van der Waals surface area contributed by atoms with Crippen LogP contribution in [0, 0.1) is 0 Å². The summed E-state index contributed by atoms with van der Waals surface area (Å²) in [4.78, 5) is 2.97. The normalized spacial score (nSPS) is 12.9. The molecular weight excluding hydrogens is 285 g/mol. The van der Waals surface area contributed by atoms with Crippen molar-refractivity contribution in [2.75, 3.05) is 13.7 Å². The lowest BCUT2D eigenvalue weighted by atomic mass is 9.93. The molecule has 5 heteroatoms. The summed E-state index contributed by atoms with van der Waals surface area (Å²) in [6.07, 6.45) is -4.17. The molecule has 0 N–H and O–H groups in total. The van der Waals surface area contributed by atoms with Crippen LogP contribution in [-0.4, -0.2) is 19.9 Å². The van der Waals surface area contributed by atoms with Crippen molar-refractivity contribution in [3.8, 4) is 0 Å². The Bertz CT molecular complexity index is 366. The number of methoxy groups -OCH3 is 1. The van der Waals surface area contributed by atoms with Crippen molar-refractivity contribution in [2.45, 2.75) is 58.5 Å². The Hall–Kier alpha value is -0.550. The Morgan fingerprint density at radius 1 is 0.900 bits per heavy atom. The van der Waals surface area contributed by atoms with E-state index in [1.165, 1.54) is 9.75 Å². The zero-order valence-corrected chi connectivity index (χ0v) is 14.1. The maximum Gasteiger partial charge on any atom is 0.411 e. The highest BCUT2D eigenvalue weighted by atomic mass is 32.1. The molecule has 1 aromatic heterocycles. The molecule has 0 aliphatic rings. The Morgan fingerprint density at radius 2 is 1.25 bits per heavy atom. The molecule has 0 fully saturated rings. The van der Waals surface area contributed by atoms with Gasteiger partial charge in [-0.2, -0.15) is 13.2 Å². The minimum Gasteiger partial charge on any atom is -0.375 e. The number of halogens is 3. The molecule has 0 aliphatic carbocycles. The van der Waals surface area contributed by atoms with Gasteiger partial charge < -0.3 is 4.74 Å². The second-order valence-electron chi connectivity index (χ2n) is 6.71. The van der Waals surface area contributed by atoms with E-state index in [4.69, 9.17) is 0 Å². The molecule has 20 heavy (non-hydrogen) atoms. The molecule has 0 bridgehead atoms. The predicted octanol–water partition coefficient (Wildman–Crippen LogP) is 5.54. The summed E-state index contributed by atoms with van der Waals surface area (Å²) in [5.41, 5.74) is 0.600. The molecule has 0 saturated carbocycles. The number of thiophene rings is 1. The summed E-state index contributed by atoms with van der Waals surface area (Å²) >= 11 is 1.95. The largest absolute Gasteiger partial charge is 0.411 e. The summed E-state index contributed by atoms with van der Waals surface area (Å²) in [5.74, 6) is 0. The van der Waals surface area contributed by atoms with Gasteiger partial charge in [0, 0.05) is 16.9 Å². The van der Waals surface area contributed by atoms with Crippen LogP contribution >= 0.6 is 11.3 Å². The molecule has 1 nitrogen and oxygen atoms in total. The second-order valence-corrected chi connectivity index (χ2v) is 7.80. The fourth-order valence-corrected chi connectivity index (χ4v) is 2.43. The van der Waals surface area contributed by atoms with Crippen molar-refractivity contribution < 1.29 is 17.9 Å². The summed E-state index contributed by atoms with van der Waals surface area (Å²) in [6, 6.07) is 4.54. The highest BCUT2D eigenvalue weighted by Crippen LogP contribution is 2.35. The Kier molecular flexibility index (Phi) is 6.75. The molecule has 0 radical (unpaired) electrons. The third-order valence-electron chi connectivity index (χ3n) is 2.39. The van der Waals surface area contributed by atoms with Gasteiger partial charge in [0.1, 0.15) is 6.61 Å². The van der Waals surface area contributed by atoms with E-state index in [0.717, 1.165) is 7.11 Å². The van der Waals surface area contributed by atoms with E-state index >= 15 is 0 Å². The van der Waals surface area contributed by atoms with Gasteiger partial charge in [-0.25, -0.2) is 0 Å². The highest BCUT2D eigenvalue weighted by Gasteiger charge is 2.26. The molecule has 118 valence electrons. The summed E-state index contributed by atoms with van der Waals surface area (Å²) < 4.78 is 36.6. The van der Waals surface area contributed by atoms with Gasteiger partial charge in [-0.05, 0) is 23.0 Å². The van der Waals surface area contributed by atoms with Crippen molar-refractivity contribution in [3.63, 3.8) is 0 Å². The smallest absolute Gasteiger partial charge is 0.375 e. The quantitative estimate of drug-likeness (QED) is 0.662. The molecule has 1 heterocycles. The van der Waals surface area contributed by atoms with Crippen LogP contribution < -0.4 is 0 Å². The van der Waals surface area contributed by atoms with Crippen LogP contribution in [0.25, 0.3) is 0 Å². The lowest BCUT2D eigenvalue weighted by Gasteiger charge is -2.18. The average Bonchev–Trinajstić information content (AvgIpc) is 2.62. The van der Waals surface area contributed by atoms with Gasteiger partial charge in [0.25, 0.3) is 0 Å². The van der Waals surface area contributed by atoms with E-state index in [1.54, 1.807) is 0 Å². The third kappa shape index (κ3) is 7.90. The molecular formula is C15H25F3OS. The first-order chi connectivity index (χ1) is 8.77. The van der Waals surface area contributed by atoms with Crippen LogP contribution in [0.15, 0.2) is 12.1 Å². The lowest BCUT2D eigenvalue weighted by molar-refractivity contribution is -0.167. The molecule has 0 unspecified atom stereocenters. The first-order valence-electron chi connectivity index (χ1n) is 6.44. The summed E-state index contributed by atoms with van der Waals surface area (Å²) in [6.45, 7) is 12.5. The van der Waals surface area contributed by atoms with Gasteiger partial charge in [0.2, 0.25) is 0 Å². The van der Waals surface area contributed by atoms with Crippen molar-refractivity contribution in [1.29, 1.82) is 0 Å². The van der Waals surface area contributed by atoms with Crippen molar-refractivity contribution in [3.05, 3.63) is 21.9 Å². The van der Waals surface area contributed by atoms with Crippen LogP contribution in [0.5, 0.6) is 0 Å². The van der Waals surface area contributed by atoms with Gasteiger partial charge in [-0.15, -0.1) is 11.3 Å². The van der Waals surface area contributed by atoms with Crippen LogP contribution in [0.2, 0.25) is 0 Å². The molecule has 0 saturated heterocycles. The van der Waals surface area contributed by atoms with Crippen LogP contribution in [0.1, 0.15) is 51.3 Å². The molecule has 1 aromatic rings. The SMILES string of the molecule is CC(C)(C)c1ccc(C(C)(C)C)s1.COCC(F)(F)F. The first kappa shape index (κ1) is 19.4. The first-order valence-corrected chi connectivity index (χ1v) is 7.25. The van der Waals surface area contributed by atoms with Gasteiger partial charge in [0.05, 0.1) is 0 Å². The standard InChI is InChI=1S/C12H20S.C3H5F3O/c1-11(2,3)9-7-8-10(13-9)12(4,5)6;1-7-2-3(4,5)6/h7-8H,1-6H3;2H2,1H3. The van der Waals surface area contributed by atoms with E-state index in [9.17, 15) is 13.2 Å². The van der Waals surface area contributed by atoms with E-state index in [0.29, 0.717) is 10.8 Å². The Morgan fingerprint density at radius 3 is 1.35 bits per heavy atom. The molecule has 0 spiro atoms. The summed E-state index contributed by atoms with van der Waals surface area (Å²) in [5, 5.41) is 0. The maximum absolute atomic E-state index is 10.9. The van der Waals surface area contributed by atoms with Crippen molar-refractivity contribution in [1.82, 2.24) is 0 Å². The maximum atomic E-state index is 10.9. The van der Waals surface area contributed by atoms with Gasteiger partial charge >= 0.3 is 6.18 Å². The zero-order chi connectivity index (χ0) is 16.2. The zero-order valence-electron chi connectivity index (χ0n) is 13.3.